The van der Waals surface area contributed by atoms with E-state index in [4.69, 9.17) is 16.3 Å². The van der Waals surface area contributed by atoms with E-state index < -0.39 is 0 Å². The molecule has 2 aromatic heterocycles. The summed E-state index contributed by atoms with van der Waals surface area (Å²) in [6.45, 7) is 6.58. The van der Waals surface area contributed by atoms with Crippen LogP contribution in [0.5, 0.6) is 0 Å². The molecule has 1 aromatic carbocycles. The summed E-state index contributed by atoms with van der Waals surface area (Å²) in [6, 6.07) is 3.91. The predicted molar refractivity (Wildman–Crippen MR) is 97.0 cm³/mol. The smallest absolute Gasteiger partial charge is 0.263 e. The standard InChI is InChI=1S/C17H18ClN5O2/c1-10-7-11(2)14(13(18)8-10)23-9-12-15(21-23)19-17(20-16(12)24)22-3-5-25-6-4-22/h7-9H,3-6H2,1-2H3,(H,19,20,21,24). The Morgan fingerprint density at radius 2 is 2.00 bits per heavy atom. The maximum atomic E-state index is 12.5. The van der Waals surface area contributed by atoms with Crippen molar-refractivity contribution in [2.45, 2.75) is 13.8 Å². The lowest BCUT2D eigenvalue weighted by Gasteiger charge is -2.26. The number of halogens is 1. The maximum absolute atomic E-state index is 12.5. The summed E-state index contributed by atoms with van der Waals surface area (Å²) in [5.41, 5.74) is 3.02. The van der Waals surface area contributed by atoms with Crippen LogP contribution < -0.4 is 10.5 Å². The Morgan fingerprint density at radius 1 is 1.24 bits per heavy atom. The van der Waals surface area contributed by atoms with Gasteiger partial charge < -0.3 is 9.64 Å². The molecule has 7 nitrogen and oxygen atoms in total. The molecule has 0 aliphatic carbocycles. The van der Waals surface area contributed by atoms with Crippen molar-refractivity contribution < 1.29 is 4.74 Å². The molecule has 1 N–H and O–H groups in total. The van der Waals surface area contributed by atoms with E-state index in [1.54, 1.807) is 10.9 Å². The summed E-state index contributed by atoms with van der Waals surface area (Å²) < 4.78 is 6.97. The fourth-order valence-corrected chi connectivity index (χ4v) is 3.55. The minimum atomic E-state index is -0.210. The molecule has 0 spiro atoms. The van der Waals surface area contributed by atoms with Crippen LogP contribution in [0.3, 0.4) is 0 Å². The van der Waals surface area contributed by atoms with Crippen molar-refractivity contribution in [3.05, 3.63) is 44.8 Å². The summed E-state index contributed by atoms with van der Waals surface area (Å²) in [6.07, 6.45) is 1.67. The van der Waals surface area contributed by atoms with E-state index in [2.05, 4.69) is 15.1 Å². The van der Waals surface area contributed by atoms with Crippen molar-refractivity contribution in [3.8, 4) is 5.69 Å². The normalized spacial score (nSPS) is 15.1. The Balaban J connectivity index is 1.83. The van der Waals surface area contributed by atoms with Gasteiger partial charge in [-0.05, 0) is 31.0 Å². The molecule has 25 heavy (non-hydrogen) atoms. The zero-order chi connectivity index (χ0) is 17.6. The number of nitrogens with zero attached hydrogens (tertiary/aromatic N) is 4. The number of anilines is 1. The van der Waals surface area contributed by atoms with Gasteiger partial charge in [0, 0.05) is 19.3 Å². The fourth-order valence-electron chi connectivity index (χ4n) is 3.14. The zero-order valence-electron chi connectivity index (χ0n) is 14.0. The second-order valence-corrected chi connectivity index (χ2v) is 6.62. The number of hydrogen-bond acceptors (Lipinski definition) is 5. The number of fused-ring (bicyclic) bond motifs is 1. The van der Waals surface area contributed by atoms with E-state index in [0.29, 0.717) is 48.3 Å². The van der Waals surface area contributed by atoms with E-state index in [1.165, 1.54) is 0 Å². The molecular formula is C17H18ClN5O2. The number of morpholine rings is 1. The minimum Gasteiger partial charge on any atom is -0.378 e. The van der Waals surface area contributed by atoms with Crippen molar-refractivity contribution in [1.29, 1.82) is 0 Å². The minimum absolute atomic E-state index is 0.210. The number of ether oxygens (including phenoxy) is 1. The number of aromatic nitrogens is 4. The number of aryl methyl sites for hydroxylation is 2. The van der Waals surface area contributed by atoms with Crippen LogP contribution >= 0.6 is 11.6 Å². The summed E-state index contributed by atoms with van der Waals surface area (Å²) in [5.74, 6) is 0.526. The number of rotatable bonds is 2. The van der Waals surface area contributed by atoms with Crippen LogP contribution in [-0.2, 0) is 4.74 Å². The van der Waals surface area contributed by atoms with E-state index >= 15 is 0 Å². The molecular weight excluding hydrogens is 342 g/mol. The predicted octanol–water partition coefficient (Wildman–Crippen LogP) is 2.22. The Labute approximate surface area is 149 Å². The van der Waals surface area contributed by atoms with Gasteiger partial charge in [0.1, 0.15) is 5.39 Å². The molecule has 3 aromatic rings. The maximum Gasteiger partial charge on any atom is 0.263 e. The van der Waals surface area contributed by atoms with Gasteiger partial charge in [-0.3, -0.25) is 9.78 Å². The van der Waals surface area contributed by atoms with Crippen LogP contribution in [0, 0.1) is 13.8 Å². The van der Waals surface area contributed by atoms with Gasteiger partial charge in [0.2, 0.25) is 5.95 Å². The van der Waals surface area contributed by atoms with Crippen molar-refractivity contribution >= 4 is 28.6 Å². The molecule has 0 atom stereocenters. The molecule has 130 valence electrons. The highest BCUT2D eigenvalue weighted by Gasteiger charge is 2.17. The van der Waals surface area contributed by atoms with Gasteiger partial charge in [-0.15, -0.1) is 5.10 Å². The summed E-state index contributed by atoms with van der Waals surface area (Å²) in [5, 5.41) is 5.52. The molecule has 4 rings (SSSR count). The monoisotopic (exact) mass is 359 g/mol. The molecule has 0 radical (unpaired) electrons. The van der Waals surface area contributed by atoms with E-state index in [9.17, 15) is 4.79 Å². The molecule has 1 aliphatic heterocycles. The van der Waals surface area contributed by atoms with Gasteiger partial charge in [-0.25, -0.2) is 4.68 Å². The lowest BCUT2D eigenvalue weighted by molar-refractivity contribution is 0.122. The zero-order valence-corrected chi connectivity index (χ0v) is 14.8. The largest absolute Gasteiger partial charge is 0.378 e. The van der Waals surface area contributed by atoms with Crippen LogP contribution in [0.4, 0.5) is 5.95 Å². The number of H-pyrrole nitrogens is 1. The van der Waals surface area contributed by atoms with E-state index in [1.807, 2.05) is 30.9 Å². The van der Waals surface area contributed by atoms with Gasteiger partial charge in [0.25, 0.3) is 5.56 Å². The third kappa shape index (κ3) is 2.89. The summed E-state index contributed by atoms with van der Waals surface area (Å²) in [4.78, 5) is 21.8. The molecule has 0 unspecified atom stereocenters. The van der Waals surface area contributed by atoms with Crippen molar-refractivity contribution in [2.75, 3.05) is 31.2 Å². The van der Waals surface area contributed by atoms with E-state index in [-0.39, 0.29) is 5.56 Å². The number of hydrogen-bond donors (Lipinski definition) is 1. The molecule has 8 heteroatoms. The second kappa shape index (κ2) is 6.16. The first kappa shape index (κ1) is 16.1. The average molecular weight is 360 g/mol. The van der Waals surface area contributed by atoms with Gasteiger partial charge in [-0.1, -0.05) is 17.7 Å². The van der Waals surface area contributed by atoms with Crippen LogP contribution in [0.15, 0.2) is 23.1 Å². The van der Waals surface area contributed by atoms with Crippen molar-refractivity contribution in [1.82, 2.24) is 19.7 Å². The summed E-state index contributed by atoms with van der Waals surface area (Å²) in [7, 11) is 0. The quantitative estimate of drug-likeness (QED) is 0.759. The fraction of sp³-hybridized carbons (Fsp3) is 0.353. The molecule has 1 fully saturated rings. The first-order chi connectivity index (χ1) is 12.0. The van der Waals surface area contributed by atoms with Crippen LogP contribution in [0.25, 0.3) is 16.7 Å². The molecule has 1 saturated heterocycles. The van der Waals surface area contributed by atoms with Gasteiger partial charge >= 0.3 is 0 Å². The highest BCUT2D eigenvalue weighted by atomic mass is 35.5. The highest BCUT2D eigenvalue weighted by molar-refractivity contribution is 6.32. The Kier molecular flexibility index (Phi) is 3.97. The molecule has 1 aliphatic rings. The van der Waals surface area contributed by atoms with E-state index in [0.717, 1.165) is 16.8 Å². The Hall–Kier alpha value is -2.38. The van der Waals surface area contributed by atoms with Crippen LogP contribution in [-0.4, -0.2) is 46.1 Å². The summed E-state index contributed by atoms with van der Waals surface area (Å²) >= 11 is 6.40. The molecule has 0 amide bonds. The highest BCUT2D eigenvalue weighted by Crippen LogP contribution is 2.26. The Morgan fingerprint density at radius 3 is 2.72 bits per heavy atom. The number of aromatic amines is 1. The first-order valence-electron chi connectivity index (χ1n) is 8.12. The van der Waals surface area contributed by atoms with Crippen LogP contribution in [0.2, 0.25) is 5.02 Å². The Bertz CT molecular complexity index is 981. The second-order valence-electron chi connectivity index (χ2n) is 6.21. The third-order valence-corrected chi connectivity index (χ3v) is 4.60. The lowest BCUT2D eigenvalue weighted by atomic mass is 10.1. The van der Waals surface area contributed by atoms with Crippen LogP contribution in [0.1, 0.15) is 11.1 Å². The van der Waals surface area contributed by atoms with Gasteiger partial charge in [-0.2, -0.15) is 4.98 Å². The number of nitrogens with one attached hydrogen (secondary N) is 1. The van der Waals surface area contributed by atoms with Gasteiger partial charge in [0.15, 0.2) is 5.65 Å². The molecule has 3 heterocycles. The topological polar surface area (TPSA) is 76.0 Å². The lowest BCUT2D eigenvalue weighted by Crippen LogP contribution is -2.38. The first-order valence-corrected chi connectivity index (χ1v) is 8.50. The SMILES string of the molecule is Cc1cc(C)c(-n2cc3c(=O)[nH]c(N4CCOCC4)nc3n2)c(Cl)c1. The van der Waals surface area contributed by atoms with Crippen molar-refractivity contribution in [2.24, 2.45) is 0 Å². The average Bonchev–Trinajstić information content (AvgIpc) is 2.99. The van der Waals surface area contributed by atoms with Crippen molar-refractivity contribution in [3.63, 3.8) is 0 Å². The van der Waals surface area contributed by atoms with Gasteiger partial charge in [0.05, 0.1) is 23.9 Å². The molecule has 0 saturated carbocycles. The molecule has 0 bridgehead atoms. The number of benzene rings is 1. The third-order valence-electron chi connectivity index (χ3n) is 4.31.